The highest BCUT2D eigenvalue weighted by Gasteiger charge is 2.28. The zero-order chi connectivity index (χ0) is 27.1. The van der Waals surface area contributed by atoms with Crippen LogP contribution in [0.1, 0.15) is 45.4 Å². The van der Waals surface area contributed by atoms with E-state index in [0.717, 1.165) is 0 Å². The number of nitrogens with zero attached hydrogens (tertiary/aromatic N) is 1. The molecular formula is C19H34N8O8. The highest BCUT2D eigenvalue weighted by molar-refractivity contribution is 5.94. The molecule has 198 valence electrons. The highest BCUT2D eigenvalue weighted by atomic mass is 16.4. The molecule has 4 amide bonds. The number of carbonyl (C=O) groups excluding carboxylic acids is 4. The Bertz CT molecular complexity index is 815. The molecule has 35 heavy (non-hydrogen) atoms. The molecule has 0 heterocycles. The molecule has 0 saturated carbocycles. The standard InChI is InChI=1S/C19H34N8O8/c1-9(25-16(32)10(20)4-7-14(29)30)15(31)26-11(3-2-8-24-19(22)23)17(33)27-12(18(34)35)5-6-13(21)28/h9-12H,2-8,20H2,1H3,(H2,21,28)(H,25,32)(H,26,31)(H,27,33)(H,29,30)(H,34,35)(H4,22,23,24). The molecule has 0 aliphatic rings. The average Bonchev–Trinajstić information content (AvgIpc) is 2.75. The molecule has 16 nitrogen and oxygen atoms in total. The fraction of sp³-hybridized carbons (Fsp3) is 0.632. The lowest BCUT2D eigenvalue weighted by molar-refractivity contribution is -0.142. The van der Waals surface area contributed by atoms with Crippen molar-refractivity contribution < 1.29 is 39.0 Å². The normalized spacial score (nSPS) is 13.9. The Labute approximate surface area is 201 Å². The van der Waals surface area contributed by atoms with Gasteiger partial charge in [0.05, 0.1) is 6.04 Å². The number of guanidine groups is 1. The Morgan fingerprint density at radius 1 is 0.800 bits per heavy atom. The summed E-state index contributed by atoms with van der Waals surface area (Å²) in [7, 11) is 0. The number of carboxylic acid groups (broad SMARTS) is 2. The lowest BCUT2D eigenvalue weighted by Crippen LogP contribution is -2.56. The third-order valence-electron chi connectivity index (χ3n) is 4.63. The molecule has 0 aromatic rings. The van der Waals surface area contributed by atoms with Crippen LogP contribution >= 0.6 is 0 Å². The van der Waals surface area contributed by atoms with Crippen LogP contribution in [0.2, 0.25) is 0 Å². The van der Waals surface area contributed by atoms with Gasteiger partial charge in [-0.2, -0.15) is 0 Å². The predicted molar refractivity (Wildman–Crippen MR) is 122 cm³/mol. The Hall–Kier alpha value is -3.95. The number of nitrogens with two attached hydrogens (primary N) is 4. The fourth-order valence-electron chi connectivity index (χ4n) is 2.68. The van der Waals surface area contributed by atoms with Crippen LogP contribution in [0.25, 0.3) is 0 Å². The Kier molecular flexibility index (Phi) is 14.0. The number of aliphatic imine (C=N–C) groups is 1. The van der Waals surface area contributed by atoms with E-state index in [1.54, 1.807) is 0 Å². The molecule has 0 aromatic heterocycles. The minimum Gasteiger partial charge on any atom is -0.481 e. The van der Waals surface area contributed by atoms with Crippen molar-refractivity contribution in [2.24, 2.45) is 27.9 Å². The first-order valence-electron chi connectivity index (χ1n) is 10.7. The van der Waals surface area contributed by atoms with Crippen LogP contribution in [0, 0.1) is 0 Å². The number of hydrogen-bond donors (Lipinski definition) is 9. The fourth-order valence-corrected chi connectivity index (χ4v) is 2.68. The molecule has 4 unspecified atom stereocenters. The van der Waals surface area contributed by atoms with E-state index in [4.69, 9.17) is 28.0 Å². The quantitative estimate of drug-likeness (QED) is 0.0525. The second-order valence-corrected chi connectivity index (χ2v) is 7.68. The van der Waals surface area contributed by atoms with Crippen molar-refractivity contribution in [3.05, 3.63) is 0 Å². The molecule has 13 N–H and O–H groups in total. The predicted octanol–water partition coefficient (Wildman–Crippen LogP) is -3.94. The SMILES string of the molecule is CC(NC(=O)C(N)CCC(=O)O)C(=O)NC(CCCN=C(N)N)C(=O)NC(CCC(N)=O)C(=O)O. The van der Waals surface area contributed by atoms with Gasteiger partial charge in [-0.1, -0.05) is 0 Å². The van der Waals surface area contributed by atoms with Crippen LogP contribution in [0.15, 0.2) is 4.99 Å². The lowest BCUT2D eigenvalue weighted by Gasteiger charge is -2.23. The van der Waals surface area contributed by atoms with Gasteiger partial charge in [-0.05, 0) is 32.6 Å². The molecule has 0 aliphatic heterocycles. The first-order chi connectivity index (χ1) is 16.2. The summed E-state index contributed by atoms with van der Waals surface area (Å²) in [4.78, 5) is 74.1. The van der Waals surface area contributed by atoms with Crippen molar-refractivity contribution >= 4 is 41.5 Å². The minimum absolute atomic E-state index is 0.00923. The van der Waals surface area contributed by atoms with Crippen molar-refractivity contribution in [2.45, 2.75) is 69.6 Å². The van der Waals surface area contributed by atoms with Gasteiger partial charge in [-0.15, -0.1) is 0 Å². The Morgan fingerprint density at radius 3 is 1.91 bits per heavy atom. The van der Waals surface area contributed by atoms with Crippen LogP contribution in [0.5, 0.6) is 0 Å². The summed E-state index contributed by atoms with van der Waals surface area (Å²) in [6.45, 7) is 1.44. The summed E-state index contributed by atoms with van der Waals surface area (Å²) in [6, 6.07) is -4.98. The topological polar surface area (TPSA) is 295 Å². The van der Waals surface area contributed by atoms with Crippen LogP contribution in [0.3, 0.4) is 0 Å². The van der Waals surface area contributed by atoms with E-state index in [-0.39, 0.29) is 51.0 Å². The van der Waals surface area contributed by atoms with E-state index in [9.17, 15) is 33.9 Å². The van der Waals surface area contributed by atoms with E-state index < -0.39 is 59.7 Å². The van der Waals surface area contributed by atoms with Gasteiger partial charge >= 0.3 is 11.9 Å². The smallest absolute Gasteiger partial charge is 0.326 e. The second-order valence-electron chi connectivity index (χ2n) is 7.68. The summed E-state index contributed by atoms with van der Waals surface area (Å²) in [5.74, 6) is -5.86. The Balaban J connectivity index is 5.25. The third kappa shape index (κ3) is 14.0. The minimum atomic E-state index is -1.43. The maximum Gasteiger partial charge on any atom is 0.326 e. The van der Waals surface area contributed by atoms with Crippen molar-refractivity contribution in [3.63, 3.8) is 0 Å². The van der Waals surface area contributed by atoms with Crippen LogP contribution in [-0.4, -0.2) is 82.5 Å². The molecule has 0 aromatic carbocycles. The number of amides is 4. The maximum absolute atomic E-state index is 12.7. The number of carboxylic acids is 2. The second kappa shape index (κ2) is 15.8. The van der Waals surface area contributed by atoms with Crippen molar-refractivity contribution in [2.75, 3.05) is 6.54 Å². The zero-order valence-corrected chi connectivity index (χ0v) is 19.4. The average molecular weight is 503 g/mol. The van der Waals surface area contributed by atoms with E-state index in [0.29, 0.717) is 0 Å². The number of aliphatic carboxylic acids is 2. The number of carbonyl (C=O) groups is 6. The number of primary amides is 1. The van der Waals surface area contributed by atoms with Gasteiger partial charge in [0.15, 0.2) is 5.96 Å². The molecule has 4 atom stereocenters. The number of nitrogens with one attached hydrogen (secondary N) is 3. The van der Waals surface area contributed by atoms with Gasteiger partial charge in [0.1, 0.15) is 18.1 Å². The van der Waals surface area contributed by atoms with Gasteiger partial charge in [0.2, 0.25) is 23.6 Å². The summed E-state index contributed by atoms with van der Waals surface area (Å²) in [6.07, 6.45) is -0.790. The molecule has 0 fully saturated rings. The van der Waals surface area contributed by atoms with Gasteiger partial charge in [0.25, 0.3) is 0 Å². The van der Waals surface area contributed by atoms with E-state index in [1.807, 2.05) is 0 Å². The molecule has 0 rings (SSSR count). The van der Waals surface area contributed by atoms with E-state index in [2.05, 4.69) is 20.9 Å². The van der Waals surface area contributed by atoms with Crippen molar-refractivity contribution in [1.82, 2.24) is 16.0 Å². The van der Waals surface area contributed by atoms with Crippen LogP contribution < -0.4 is 38.9 Å². The van der Waals surface area contributed by atoms with Crippen LogP contribution in [-0.2, 0) is 28.8 Å². The Morgan fingerprint density at radius 2 is 1.40 bits per heavy atom. The molecule has 16 heteroatoms. The lowest BCUT2D eigenvalue weighted by atomic mass is 10.1. The zero-order valence-electron chi connectivity index (χ0n) is 19.4. The van der Waals surface area contributed by atoms with Gasteiger partial charge in [-0.3, -0.25) is 29.0 Å². The van der Waals surface area contributed by atoms with Crippen molar-refractivity contribution in [1.29, 1.82) is 0 Å². The number of hydrogen-bond acceptors (Lipinski definition) is 8. The number of rotatable bonds is 17. The van der Waals surface area contributed by atoms with E-state index >= 15 is 0 Å². The van der Waals surface area contributed by atoms with Gasteiger partial charge in [0, 0.05) is 19.4 Å². The maximum atomic E-state index is 12.7. The van der Waals surface area contributed by atoms with Gasteiger partial charge < -0.3 is 49.1 Å². The largest absolute Gasteiger partial charge is 0.481 e. The first kappa shape index (κ1) is 31.0. The van der Waals surface area contributed by atoms with Crippen molar-refractivity contribution in [3.8, 4) is 0 Å². The summed E-state index contributed by atoms with van der Waals surface area (Å²) < 4.78 is 0. The first-order valence-corrected chi connectivity index (χ1v) is 10.7. The molecule has 0 spiro atoms. The van der Waals surface area contributed by atoms with Crippen LogP contribution in [0.4, 0.5) is 0 Å². The monoisotopic (exact) mass is 502 g/mol. The third-order valence-corrected chi connectivity index (χ3v) is 4.63. The van der Waals surface area contributed by atoms with Gasteiger partial charge in [-0.25, -0.2) is 4.79 Å². The molecular weight excluding hydrogens is 468 g/mol. The molecule has 0 saturated heterocycles. The summed E-state index contributed by atoms with van der Waals surface area (Å²) in [5.41, 5.74) is 21.1. The molecule has 0 radical (unpaired) electrons. The van der Waals surface area contributed by atoms with E-state index in [1.165, 1.54) is 6.92 Å². The summed E-state index contributed by atoms with van der Waals surface area (Å²) in [5, 5.41) is 24.9. The molecule has 0 bridgehead atoms. The molecule has 0 aliphatic carbocycles. The highest BCUT2D eigenvalue weighted by Crippen LogP contribution is 2.04. The summed E-state index contributed by atoms with van der Waals surface area (Å²) >= 11 is 0.